The maximum Gasteiger partial charge on any atom is 0.171 e. The van der Waals surface area contributed by atoms with Crippen molar-refractivity contribution in [3.63, 3.8) is 0 Å². The number of imidazole rings is 1. The van der Waals surface area contributed by atoms with Crippen LogP contribution in [0.4, 0.5) is 5.69 Å². The highest BCUT2D eigenvalue weighted by atomic mass is 32.2. The second-order valence-electron chi connectivity index (χ2n) is 3.57. The van der Waals surface area contributed by atoms with Crippen LogP contribution in [0.15, 0.2) is 52.8 Å². The van der Waals surface area contributed by atoms with Crippen LogP contribution >= 0.6 is 11.8 Å². The number of aromatic nitrogens is 3. The largest absolute Gasteiger partial charge is 0.397 e. The Morgan fingerprint density at radius 2 is 2.06 bits per heavy atom. The summed E-state index contributed by atoms with van der Waals surface area (Å²) in [5, 5.41) is 0.837. The lowest BCUT2D eigenvalue weighted by atomic mass is 10.3. The fraction of sp³-hybridized carbons (Fsp3) is 0. The molecule has 0 saturated carbocycles. The summed E-state index contributed by atoms with van der Waals surface area (Å²) in [7, 11) is 0. The van der Waals surface area contributed by atoms with Crippen molar-refractivity contribution < 1.29 is 0 Å². The van der Waals surface area contributed by atoms with Crippen LogP contribution < -0.4 is 5.73 Å². The maximum atomic E-state index is 5.84. The van der Waals surface area contributed by atoms with Crippen LogP contribution in [-0.2, 0) is 0 Å². The van der Waals surface area contributed by atoms with Crippen molar-refractivity contribution >= 4 is 28.5 Å². The van der Waals surface area contributed by atoms with Gasteiger partial charge in [0.1, 0.15) is 0 Å². The number of anilines is 1. The molecule has 17 heavy (non-hydrogen) atoms. The van der Waals surface area contributed by atoms with Gasteiger partial charge < -0.3 is 10.7 Å². The zero-order valence-corrected chi connectivity index (χ0v) is 9.74. The highest BCUT2D eigenvalue weighted by Gasteiger charge is 2.06. The summed E-state index contributed by atoms with van der Waals surface area (Å²) in [4.78, 5) is 12.6. The minimum absolute atomic E-state index is 0.665. The summed E-state index contributed by atoms with van der Waals surface area (Å²) in [5.74, 6) is 0. The standard InChI is InChI=1S/C12H10N4S/c13-8-7-14-6-5-11(8)17-12-15-9-3-1-2-4-10(9)16-12/h1-7H,13H2,(H,15,16). The number of hydrogen-bond donors (Lipinski definition) is 2. The third-order valence-corrected chi connectivity index (χ3v) is 3.36. The molecule has 5 heteroatoms. The molecule has 0 aliphatic carbocycles. The van der Waals surface area contributed by atoms with Crippen molar-refractivity contribution in [2.24, 2.45) is 0 Å². The first-order valence-electron chi connectivity index (χ1n) is 5.15. The first-order valence-corrected chi connectivity index (χ1v) is 5.97. The number of para-hydroxylation sites is 2. The number of hydrogen-bond acceptors (Lipinski definition) is 4. The third kappa shape index (κ3) is 1.97. The zero-order valence-electron chi connectivity index (χ0n) is 8.92. The van der Waals surface area contributed by atoms with Gasteiger partial charge in [-0.3, -0.25) is 4.98 Å². The monoisotopic (exact) mass is 242 g/mol. The SMILES string of the molecule is Nc1cnccc1Sc1nc2ccccc2[nH]1. The minimum Gasteiger partial charge on any atom is -0.397 e. The number of nitrogens with zero attached hydrogens (tertiary/aromatic N) is 2. The van der Waals surface area contributed by atoms with Gasteiger partial charge in [0, 0.05) is 11.1 Å². The first kappa shape index (κ1) is 10.2. The van der Waals surface area contributed by atoms with E-state index in [1.807, 2.05) is 30.3 Å². The molecule has 0 aliphatic rings. The Bertz CT molecular complexity index is 629. The Labute approximate surface area is 102 Å². The molecule has 0 unspecified atom stereocenters. The summed E-state index contributed by atoms with van der Waals surface area (Å²) in [5.41, 5.74) is 8.49. The fourth-order valence-electron chi connectivity index (χ4n) is 1.57. The van der Waals surface area contributed by atoms with Gasteiger partial charge in [0.25, 0.3) is 0 Å². The number of aromatic amines is 1. The smallest absolute Gasteiger partial charge is 0.171 e. The predicted octanol–water partition coefficient (Wildman–Crippen LogP) is 2.69. The normalized spacial score (nSPS) is 10.8. The fourth-order valence-corrected chi connectivity index (χ4v) is 2.38. The van der Waals surface area contributed by atoms with Gasteiger partial charge in [-0.15, -0.1) is 0 Å². The van der Waals surface area contributed by atoms with Crippen LogP contribution in [0.2, 0.25) is 0 Å². The van der Waals surface area contributed by atoms with Gasteiger partial charge in [0.2, 0.25) is 0 Å². The van der Waals surface area contributed by atoms with Crippen molar-refractivity contribution in [3.05, 3.63) is 42.7 Å². The molecule has 0 atom stereocenters. The van der Waals surface area contributed by atoms with Crippen molar-refractivity contribution in [1.29, 1.82) is 0 Å². The van der Waals surface area contributed by atoms with E-state index < -0.39 is 0 Å². The summed E-state index contributed by atoms with van der Waals surface area (Å²) in [6.45, 7) is 0. The second kappa shape index (κ2) is 4.10. The summed E-state index contributed by atoms with van der Waals surface area (Å²) in [6, 6.07) is 9.81. The molecule has 0 fully saturated rings. The molecular weight excluding hydrogens is 232 g/mol. The number of rotatable bonds is 2. The van der Waals surface area contributed by atoms with Gasteiger partial charge in [0.15, 0.2) is 5.16 Å². The lowest BCUT2D eigenvalue weighted by Gasteiger charge is -2.00. The molecule has 3 aromatic rings. The molecule has 0 bridgehead atoms. The Morgan fingerprint density at radius 1 is 1.18 bits per heavy atom. The Kier molecular flexibility index (Phi) is 2.45. The quantitative estimate of drug-likeness (QED) is 0.725. The van der Waals surface area contributed by atoms with Gasteiger partial charge in [-0.05, 0) is 30.0 Å². The Morgan fingerprint density at radius 3 is 2.88 bits per heavy atom. The number of pyridine rings is 1. The lowest BCUT2D eigenvalue weighted by Crippen LogP contribution is -1.89. The summed E-state index contributed by atoms with van der Waals surface area (Å²) in [6.07, 6.45) is 3.37. The first-order chi connectivity index (χ1) is 8.33. The Balaban J connectivity index is 1.98. The van der Waals surface area contributed by atoms with E-state index in [2.05, 4.69) is 15.0 Å². The number of nitrogens with one attached hydrogen (secondary N) is 1. The van der Waals surface area contributed by atoms with Crippen LogP contribution in [0.1, 0.15) is 0 Å². The van der Waals surface area contributed by atoms with E-state index in [4.69, 9.17) is 5.73 Å². The van der Waals surface area contributed by atoms with Gasteiger partial charge >= 0.3 is 0 Å². The van der Waals surface area contributed by atoms with Crippen molar-refractivity contribution in [1.82, 2.24) is 15.0 Å². The minimum atomic E-state index is 0.665. The average Bonchev–Trinajstić information content (AvgIpc) is 2.74. The van der Waals surface area contributed by atoms with Crippen molar-refractivity contribution in [2.75, 3.05) is 5.73 Å². The number of benzene rings is 1. The molecule has 0 spiro atoms. The predicted molar refractivity (Wildman–Crippen MR) is 68.9 cm³/mol. The van der Waals surface area contributed by atoms with Gasteiger partial charge in [0.05, 0.1) is 22.9 Å². The Hall–Kier alpha value is -2.01. The molecule has 2 heterocycles. The van der Waals surface area contributed by atoms with Crippen LogP contribution in [0.25, 0.3) is 11.0 Å². The summed E-state index contributed by atoms with van der Waals surface area (Å²) < 4.78 is 0. The average molecular weight is 242 g/mol. The molecule has 0 amide bonds. The molecule has 3 rings (SSSR count). The summed E-state index contributed by atoms with van der Waals surface area (Å²) >= 11 is 1.51. The van der Waals surface area contributed by atoms with Gasteiger partial charge in [-0.2, -0.15) is 0 Å². The third-order valence-electron chi connectivity index (χ3n) is 2.38. The number of nitrogen functional groups attached to an aromatic ring is 1. The molecule has 0 aliphatic heterocycles. The number of H-pyrrole nitrogens is 1. The number of fused-ring (bicyclic) bond motifs is 1. The van der Waals surface area contributed by atoms with Gasteiger partial charge in [-0.25, -0.2) is 4.98 Å². The molecule has 0 radical (unpaired) electrons. The molecule has 0 saturated heterocycles. The van der Waals surface area contributed by atoms with Gasteiger partial charge in [-0.1, -0.05) is 12.1 Å². The zero-order chi connectivity index (χ0) is 11.7. The van der Waals surface area contributed by atoms with E-state index in [9.17, 15) is 0 Å². The lowest BCUT2D eigenvalue weighted by molar-refractivity contribution is 1.08. The van der Waals surface area contributed by atoms with Crippen molar-refractivity contribution in [3.8, 4) is 0 Å². The molecule has 1 aromatic carbocycles. The van der Waals surface area contributed by atoms with Crippen LogP contribution in [0, 0.1) is 0 Å². The molecule has 2 aromatic heterocycles. The number of nitrogens with two attached hydrogens (primary N) is 1. The molecular formula is C12H10N4S. The molecule has 4 nitrogen and oxygen atoms in total. The highest BCUT2D eigenvalue weighted by molar-refractivity contribution is 7.99. The van der Waals surface area contributed by atoms with E-state index >= 15 is 0 Å². The van der Waals surface area contributed by atoms with E-state index in [1.54, 1.807) is 12.4 Å². The second-order valence-corrected chi connectivity index (χ2v) is 4.61. The van der Waals surface area contributed by atoms with Crippen LogP contribution in [-0.4, -0.2) is 15.0 Å². The molecule has 84 valence electrons. The van der Waals surface area contributed by atoms with E-state index in [0.717, 1.165) is 21.1 Å². The van der Waals surface area contributed by atoms with Crippen LogP contribution in [0.3, 0.4) is 0 Å². The maximum absolute atomic E-state index is 5.84. The van der Waals surface area contributed by atoms with E-state index in [-0.39, 0.29) is 0 Å². The topological polar surface area (TPSA) is 67.6 Å². The highest BCUT2D eigenvalue weighted by Crippen LogP contribution is 2.30. The van der Waals surface area contributed by atoms with Crippen LogP contribution in [0.5, 0.6) is 0 Å². The van der Waals surface area contributed by atoms with E-state index in [1.165, 1.54) is 11.8 Å². The van der Waals surface area contributed by atoms with Crippen molar-refractivity contribution in [2.45, 2.75) is 10.1 Å². The van der Waals surface area contributed by atoms with E-state index in [0.29, 0.717) is 5.69 Å². The molecule has 3 N–H and O–H groups in total.